The molecule has 2 aromatic rings. The van der Waals surface area contributed by atoms with Crippen LogP contribution < -0.4 is 10.5 Å². The number of aromatic nitrogens is 3. The molecule has 19 heavy (non-hydrogen) atoms. The number of nitrogens with two attached hydrogens (primary N) is 1. The summed E-state index contributed by atoms with van der Waals surface area (Å²) in [7, 11) is 0. The first-order valence-corrected chi connectivity index (χ1v) is 6.33. The fraction of sp³-hybridized carbons (Fsp3) is 0.462. The molecule has 0 atom stereocenters. The van der Waals surface area contributed by atoms with Gasteiger partial charge in [-0.3, -0.25) is 4.98 Å². The largest absolute Gasteiger partial charge is 0.482 e. The Morgan fingerprint density at radius 3 is 2.89 bits per heavy atom. The minimum atomic E-state index is 0.231. The second-order valence-electron chi connectivity index (χ2n) is 4.24. The van der Waals surface area contributed by atoms with Crippen LogP contribution in [0.15, 0.2) is 16.7 Å². The molecule has 2 heterocycles. The van der Waals surface area contributed by atoms with Gasteiger partial charge < -0.3 is 15.0 Å². The molecule has 0 amide bonds. The minimum Gasteiger partial charge on any atom is -0.482 e. The maximum atomic E-state index is 5.64. The van der Waals surface area contributed by atoms with E-state index in [0.717, 1.165) is 24.2 Å². The molecule has 0 unspecified atom stereocenters. The van der Waals surface area contributed by atoms with Gasteiger partial charge in [0, 0.05) is 18.7 Å². The highest BCUT2D eigenvalue weighted by molar-refractivity contribution is 5.29. The molecule has 0 aliphatic heterocycles. The van der Waals surface area contributed by atoms with E-state index in [4.69, 9.17) is 15.0 Å². The molecule has 2 rings (SSSR count). The van der Waals surface area contributed by atoms with Gasteiger partial charge in [0.2, 0.25) is 0 Å². The minimum absolute atomic E-state index is 0.231. The van der Waals surface area contributed by atoms with Crippen LogP contribution in [0, 0.1) is 6.92 Å². The van der Waals surface area contributed by atoms with Gasteiger partial charge in [0.15, 0.2) is 12.4 Å². The highest BCUT2D eigenvalue weighted by atomic mass is 16.5. The second kappa shape index (κ2) is 6.29. The van der Waals surface area contributed by atoms with E-state index in [2.05, 4.69) is 22.0 Å². The van der Waals surface area contributed by atoms with Gasteiger partial charge in [0.25, 0.3) is 5.89 Å². The molecular weight excluding hydrogens is 244 g/mol. The van der Waals surface area contributed by atoms with Crippen molar-refractivity contribution in [1.29, 1.82) is 0 Å². The molecule has 0 spiro atoms. The van der Waals surface area contributed by atoms with Crippen molar-refractivity contribution < 1.29 is 9.26 Å². The highest BCUT2D eigenvalue weighted by Crippen LogP contribution is 2.17. The predicted molar refractivity (Wildman–Crippen MR) is 69.5 cm³/mol. The van der Waals surface area contributed by atoms with E-state index in [1.807, 2.05) is 19.1 Å². The molecule has 0 saturated heterocycles. The molecule has 6 nitrogen and oxygen atoms in total. The summed E-state index contributed by atoms with van der Waals surface area (Å²) < 4.78 is 10.7. The van der Waals surface area contributed by atoms with Crippen LogP contribution in [0.4, 0.5) is 0 Å². The maximum Gasteiger partial charge on any atom is 0.264 e. The molecule has 102 valence electrons. The smallest absolute Gasteiger partial charge is 0.264 e. The van der Waals surface area contributed by atoms with Gasteiger partial charge in [0.05, 0.1) is 5.69 Å². The molecule has 6 heteroatoms. The van der Waals surface area contributed by atoms with Crippen LogP contribution in [0.5, 0.6) is 5.75 Å². The van der Waals surface area contributed by atoms with Crippen LogP contribution in [0.25, 0.3) is 0 Å². The van der Waals surface area contributed by atoms with Gasteiger partial charge in [-0.1, -0.05) is 12.1 Å². The molecule has 0 aromatic carbocycles. The van der Waals surface area contributed by atoms with Crippen molar-refractivity contribution in [3.8, 4) is 5.75 Å². The Labute approximate surface area is 112 Å². The average molecular weight is 262 g/mol. The fourth-order valence-corrected chi connectivity index (χ4v) is 1.69. The number of hydrogen-bond acceptors (Lipinski definition) is 6. The Balaban J connectivity index is 2.01. The third-order valence-corrected chi connectivity index (χ3v) is 2.60. The van der Waals surface area contributed by atoms with E-state index in [1.54, 1.807) is 0 Å². The topological polar surface area (TPSA) is 87.1 Å². The van der Waals surface area contributed by atoms with Crippen LogP contribution in [-0.2, 0) is 19.6 Å². The van der Waals surface area contributed by atoms with Crippen molar-refractivity contribution in [3.05, 3.63) is 35.2 Å². The Hall–Kier alpha value is -1.95. The van der Waals surface area contributed by atoms with Crippen LogP contribution in [0.2, 0.25) is 0 Å². The lowest BCUT2D eigenvalue weighted by Gasteiger charge is -2.08. The van der Waals surface area contributed by atoms with Crippen molar-refractivity contribution in [1.82, 2.24) is 15.1 Å². The molecule has 0 bridgehead atoms. The Morgan fingerprint density at radius 1 is 1.32 bits per heavy atom. The van der Waals surface area contributed by atoms with Crippen LogP contribution in [0.1, 0.15) is 36.4 Å². The normalized spacial score (nSPS) is 10.7. The summed E-state index contributed by atoms with van der Waals surface area (Å²) in [6.45, 7) is 4.55. The van der Waals surface area contributed by atoms with Crippen LogP contribution in [0.3, 0.4) is 0 Å². The molecule has 2 aromatic heterocycles. The summed E-state index contributed by atoms with van der Waals surface area (Å²) in [5.41, 5.74) is 7.28. The van der Waals surface area contributed by atoms with E-state index in [9.17, 15) is 0 Å². The van der Waals surface area contributed by atoms with Crippen LogP contribution in [-0.4, -0.2) is 15.1 Å². The van der Waals surface area contributed by atoms with Crippen molar-refractivity contribution in [2.24, 2.45) is 5.73 Å². The van der Waals surface area contributed by atoms with Crippen molar-refractivity contribution in [3.63, 3.8) is 0 Å². The monoisotopic (exact) mass is 262 g/mol. The Kier molecular flexibility index (Phi) is 4.46. The number of ether oxygens (including phenoxy) is 1. The molecular formula is C13H18N4O2. The number of hydrogen-bond donors (Lipinski definition) is 1. The van der Waals surface area contributed by atoms with Crippen molar-refractivity contribution in [2.45, 2.75) is 39.8 Å². The third-order valence-electron chi connectivity index (χ3n) is 2.60. The summed E-state index contributed by atoms with van der Waals surface area (Å²) >= 11 is 0. The van der Waals surface area contributed by atoms with Gasteiger partial charge in [0.1, 0.15) is 5.75 Å². The first-order chi connectivity index (χ1) is 9.22. The van der Waals surface area contributed by atoms with Gasteiger partial charge in [-0.15, -0.1) is 0 Å². The zero-order valence-corrected chi connectivity index (χ0v) is 11.2. The molecule has 0 fully saturated rings. The standard InChI is InChI=1S/C13H18N4O2/c1-3-4-12-16-13(19-17-12)8-18-11-6-5-9(2)15-10(11)7-14/h5-6H,3-4,7-8,14H2,1-2H3. The van der Waals surface area contributed by atoms with E-state index in [-0.39, 0.29) is 6.61 Å². The summed E-state index contributed by atoms with van der Waals surface area (Å²) in [6.07, 6.45) is 1.79. The van der Waals surface area contributed by atoms with Gasteiger partial charge >= 0.3 is 0 Å². The second-order valence-corrected chi connectivity index (χ2v) is 4.24. The molecule has 2 N–H and O–H groups in total. The lowest BCUT2D eigenvalue weighted by atomic mass is 10.3. The van der Waals surface area contributed by atoms with E-state index in [0.29, 0.717) is 24.0 Å². The van der Waals surface area contributed by atoms with Gasteiger partial charge in [-0.05, 0) is 25.5 Å². The van der Waals surface area contributed by atoms with Crippen molar-refractivity contribution in [2.75, 3.05) is 0 Å². The van der Waals surface area contributed by atoms with E-state index >= 15 is 0 Å². The lowest BCUT2D eigenvalue weighted by molar-refractivity contribution is 0.239. The predicted octanol–water partition coefficient (Wildman–Crippen LogP) is 1.76. The zero-order chi connectivity index (χ0) is 13.7. The zero-order valence-electron chi connectivity index (χ0n) is 11.2. The van der Waals surface area contributed by atoms with Gasteiger partial charge in [-0.2, -0.15) is 4.98 Å². The molecule has 0 radical (unpaired) electrons. The number of nitrogens with zero attached hydrogens (tertiary/aromatic N) is 3. The number of rotatable bonds is 6. The summed E-state index contributed by atoms with van der Waals surface area (Å²) in [5.74, 6) is 1.83. The molecule has 0 saturated carbocycles. The summed E-state index contributed by atoms with van der Waals surface area (Å²) in [6, 6.07) is 3.73. The SMILES string of the molecule is CCCc1noc(COc2ccc(C)nc2CN)n1. The fourth-order valence-electron chi connectivity index (χ4n) is 1.69. The highest BCUT2D eigenvalue weighted by Gasteiger charge is 2.09. The number of pyridine rings is 1. The van der Waals surface area contributed by atoms with Crippen LogP contribution >= 0.6 is 0 Å². The lowest BCUT2D eigenvalue weighted by Crippen LogP contribution is -2.06. The van der Waals surface area contributed by atoms with E-state index < -0.39 is 0 Å². The third kappa shape index (κ3) is 3.51. The maximum absolute atomic E-state index is 5.64. The van der Waals surface area contributed by atoms with E-state index in [1.165, 1.54) is 0 Å². The van der Waals surface area contributed by atoms with Crippen molar-refractivity contribution >= 4 is 0 Å². The summed E-state index contributed by atoms with van der Waals surface area (Å²) in [5, 5.41) is 3.87. The first-order valence-electron chi connectivity index (χ1n) is 6.33. The first kappa shape index (κ1) is 13.5. The quantitative estimate of drug-likeness (QED) is 0.853. The number of aryl methyl sites for hydroxylation is 2. The molecule has 0 aliphatic carbocycles. The van der Waals surface area contributed by atoms with Gasteiger partial charge in [-0.25, -0.2) is 0 Å². The summed E-state index contributed by atoms with van der Waals surface area (Å²) in [4.78, 5) is 8.56. The Bertz CT molecular complexity index is 539. The molecule has 0 aliphatic rings. The average Bonchev–Trinajstić information content (AvgIpc) is 2.85. The Morgan fingerprint density at radius 2 is 2.16 bits per heavy atom.